The first-order valence-electron chi connectivity index (χ1n) is 24.2. The van der Waals surface area contributed by atoms with E-state index in [4.69, 9.17) is 9.90 Å². The monoisotopic (exact) mass is 891 g/mol. The van der Waals surface area contributed by atoms with Gasteiger partial charge in [-0.15, -0.1) is 0 Å². The van der Waals surface area contributed by atoms with Crippen LogP contribution in [0.1, 0.15) is 135 Å². The third-order valence-electron chi connectivity index (χ3n) is 13.6. The van der Waals surface area contributed by atoms with E-state index in [1.807, 2.05) is 36.4 Å². The van der Waals surface area contributed by atoms with Crippen LogP contribution in [0.25, 0.3) is 0 Å². The molecule has 2 aliphatic carbocycles. The van der Waals surface area contributed by atoms with Gasteiger partial charge < -0.3 is 30.9 Å². The molecule has 2 heterocycles. The molecule has 7 rings (SSSR count). The van der Waals surface area contributed by atoms with E-state index in [0.29, 0.717) is 37.3 Å². The van der Waals surface area contributed by atoms with Crippen LogP contribution in [0.3, 0.4) is 0 Å². The fraction of sp³-hybridized carbons (Fsp3) is 0.538. The molecule has 4 N–H and O–H groups in total. The molecule has 13 heteroatoms. The molecule has 1 unspecified atom stereocenters. The van der Waals surface area contributed by atoms with E-state index in [2.05, 4.69) is 59.0 Å². The van der Waals surface area contributed by atoms with Gasteiger partial charge in [0.05, 0.1) is 11.8 Å². The molecule has 2 saturated carbocycles. The Bertz CT molecular complexity index is 1940. The maximum absolute atomic E-state index is 14.1. The largest absolute Gasteiger partial charge is 0.483 e. The van der Waals surface area contributed by atoms with E-state index >= 15 is 0 Å². The second-order valence-electron chi connectivity index (χ2n) is 18.3. The molecule has 0 radical (unpaired) electrons. The van der Waals surface area contributed by atoms with E-state index in [-0.39, 0.29) is 73.0 Å². The van der Waals surface area contributed by atoms with Crippen LogP contribution < -0.4 is 16.0 Å². The number of benzene rings is 3. The minimum Gasteiger partial charge on any atom is -0.483 e. The average Bonchev–Trinajstić information content (AvgIpc) is 4.24. The molecule has 3 aromatic rings. The van der Waals surface area contributed by atoms with Crippen LogP contribution in [0, 0.1) is 11.8 Å². The number of unbranched alkanes of at least 4 members (excludes halogenated alkanes) is 8. The summed E-state index contributed by atoms with van der Waals surface area (Å²) in [5.41, 5.74) is 3.21. The molecule has 0 bridgehead atoms. The second-order valence-corrected chi connectivity index (χ2v) is 18.3. The predicted molar refractivity (Wildman–Crippen MR) is 251 cm³/mol. The second kappa shape index (κ2) is 24.7. The topological polar surface area (TPSA) is 168 Å². The fourth-order valence-corrected chi connectivity index (χ4v) is 9.55. The van der Waals surface area contributed by atoms with Crippen molar-refractivity contribution in [2.75, 3.05) is 45.8 Å². The molecule has 65 heavy (non-hydrogen) atoms. The van der Waals surface area contributed by atoms with Gasteiger partial charge in [0.15, 0.2) is 0 Å². The number of hydrogen-bond acceptors (Lipinski definition) is 7. The van der Waals surface area contributed by atoms with Gasteiger partial charge in [0.2, 0.25) is 17.7 Å². The summed E-state index contributed by atoms with van der Waals surface area (Å²) in [4.78, 5) is 83.5. The van der Waals surface area contributed by atoms with E-state index in [9.17, 15) is 24.0 Å². The van der Waals surface area contributed by atoms with Gasteiger partial charge in [0, 0.05) is 74.3 Å². The van der Waals surface area contributed by atoms with Crippen molar-refractivity contribution in [3.63, 3.8) is 0 Å². The first kappa shape index (κ1) is 48.9. The number of amides is 5. The molecule has 5 amide bonds. The molecule has 13 nitrogen and oxygen atoms in total. The highest BCUT2D eigenvalue weighted by Crippen LogP contribution is 2.42. The Balaban J connectivity index is 0.00000227. The van der Waals surface area contributed by atoms with Crippen molar-refractivity contribution >= 4 is 36.0 Å². The standard InChI is InChI=1S/C51H68N6O5.CH2O2/c1-3-5-7-9-10-18-28-55-29-30-56(35-46(55)49(60)52-27-17-8-6-4-2)50(61)38-23-25-39(26-24-38)51(62)57-33-42(47(58)53-44-31-40(44)36-19-13-11-14-20-36)43(34-57)48(59)54-45-32-41(45)37-21-15-12-16-22-37;2-1-3/h11-16,19-26,40-46H,3-10,17-18,27-35H2,1-2H3,(H,52,60)(H,53,58)(H,54,59);1H,(H,2,3)/t40-,41-,42-,43-,44+,45+,46?;/m1./s1. The summed E-state index contributed by atoms with van der Waals surface area (Å²) < 4.78 is 0. The number of nitrogens with one attached hydrogen (secondary N) is 3. The predicted octanol–water partition coefficient (Wildman–Crippen LogP) is 6.60. The number of nitrogens with zero attached hydrogens (tertiary/aromatic N) is 3. The van der Waals surface area contributed by atoms with Crippen LogP contribution in [-0.4, -0.2) is 120 Å². The summed E-state index contributed by atoms with van der Waals surface area (Å²) in [5.74, 6) is -1.76. The molecule has 350 valence electrons. The molecule has 2 aliphatic heterocycles. The Kier molecular flexibility index (Phi) is 18.5. The normalized spacial score (nSPS) is 23.4. The van der Waals surface area contributed by atoms with Gasteiger partial charge in [-0.05, 0) is 67.6 Å². The quantitative estimate of drug-likeness (QED) is 0.0686. The Morgan fingerprint density at radius 2 is 1.05 bits per heavy atom. The Morgan fingerprint density at radius 1 is 0.585 bits per heavy atom. The number of carbonyl (C=O) groups excluding carboxylic acids is 5. The third-order valence-corrected chi connectivity index (χ3v) is 13.6. The van der Waals surface area contributed by atoms with Crippen molar-refractivity contribution in [1.82, 2.24) is 30.7 Å². The number of piperazine rings is 1. The van der Waals surface area contributed by atoms with Gasteiger partial charge >= 0.3 is 0 Å². The summed E-state index contributed by atoms with van der Waals surface area (Å²) >= 11 is 0. The average molecular weight is 891 g/mol. The van der Waals surface area contributed by atoms with Crippen LogP contribution >= 0.6 is 0 Å². The smallest absolute Gasteiger partial charge is 0.290 e. The van der Waals surface area contributed by atoms with Crippen LogP contribution in [-0.2, 0) is 19.2 Å². The van der Waals surface area contributed by atoms with Gasteiger partial charge in [-0.25, -0.2) is 0 Å². The number of carbonyl (C=O) groups is 6. The summed E-state index contributed by atoms with van der Waals surface area (Å²) in [6, 6.07) is 26.5. The molecule has 2 saturated heterocycles. The highest BCUT2D eigenvalue weighted by atomic mass is 16.3. The van der Waals surface area contributed by atoms with Crippen LogP contribution in [0.15, 0.2) is 84.9 Å². The van der Waals surface area contributed by atoms with Crippen molar-refractivity contribution < 1.29 is 33.9 Å². The molecule has 0 aromatic heterocycles. The van der Waals surface area contributed by atoms with E-state index in [0.717, 1.165) is 57.9 Å². The van der Waals surface area contributed by atoms with Crippen molar-refractivity contribution in [1.29, 1.82) is 0 Å². The lowest BCUT2D eigenvalue weighted by atomic mass is 9.94. The minimum absolute atomic E-state index is 0.00199. The van der Waals surface area contributed by atoms with Gasteiger partial charge in [0.25, 0.3) is 18.3 Å². The molecular weight excluding hydrogens is 821 g/mol. The number of rotatable bonds is 21. The van der Waals surface area contributed by atoms with Crippen molar-refractivity contribution in [2.45, 2.75) is 121 Å². The molecule has 7 atom stereocenters. The Morgan fingerprint density at radius 3 is 1.55 bits per heavy atom. The maximum Gasteiger partial charge on any atom is 0.290 e. The third kappa shape index (κ3) is 13.7. The minimum atomic E-state index is -0.688. The maximum atomic E-state index is 14.1. The highest BCUT2D eigenvalue weighted by molar-refractivity contribution is 5.99. The van der Waals surface area contributed by atoms with Gasteiger partial charge in [-0.2, -0.15) is 0 Å². The summed E-state index contributed by atoms with van der Waals surface area (Å²) in [6.45, 7) is 7.35. The van der Waals surface area contributed by atoms with Gasteiger partial charge in [-0.3, -0.25) is 33.7 Å². The zero-order valence-electron chi connectivity index (χ0n) is 38.4. The van der Waals surface area contributed by atoms with E-state index in [1.165, 1.54) is 36.8 Å². The lowest BCUT2D eigenvalue weighted by Gasteiger charge is -2.40. The van der Waals surface area contributed by atoms with E-state index in [1.54, 1.807) is 34.1 Å². The molecule has 0 spiro atoms. The molecule has 3 aromatic carbocycles. The lowest BCUT2D eigenvalue weighted by Crippen LogP contribution is -2.60. The first-order valence-corrected chi connectivity index (χ1v) is 24.2. The zero-order chi connectivity index (χ0) is 46.1. The van der Waals surface area contributed by atoms with Crippen LogP contribution in [0.4, 0.5) is 0 Å². The number of carboxylic acid groups (broad SMARTS) is 1. The number of likely N-dealkylation sites (tertiary alicyclic amines) is 1. The zero-order valence-corrected chi connectivity index (χ0v) is 38.4. The fourth-order valence-electron chi connectivity index (χ4n) is 9.55. The van der Waals surface area contributed by atoms with Crippen molar-refractivity contribution in [2.24, 2.45) is 11.8 Å². The molecule has 4 fully saturated rings. The van der Waals surface area contributed by atoms with Crippen LogP contribution in [0.2, 0.25) is 0 Å². The SMILES string of the molecule is CCCCCCCCN1CCN(C(=O)c2ccc(C(=O)N3C[C@@H](C(=O)N[C@H]4C[C@@H]4c4ccccc4)[C@H](C(=O)N[C@H]4C[C@@H]4c4ccccc4)C3)cc2)CC1C(=O)NCCCCCC.O=CO. The molecule has 4 aliphatic rings. The first-order chi connectivity index (χ1) is 31.7. The Labute approximate surface area is 385 Å². The van der Waals surface area contributed by atoms with Gasteiger partial charge in [-0.1, -0.05) is 126 Å². The lowest BCUT2D eigenvalue weighted by molar-refractivity contribution is -0.133. The highest BCUT2D eigenvalue weighted by Gasteiger charge is 2.49. The van der Waals surface area contributed by atoms with Crippen molar-refractivity contribution in [3.05, 3.63) is 107 Å². The summed E-state index contributed by atoms with van der Waals surface area (Å²) in [7, 11) is 0. The van der Waals surface area contributed by atoms with Crippen molar-refractivity contribution in [3.8, 4) is 0 Å². The number of hydrogen-bond donors (Lipinski definition) is 4. The molecular formula is C52H70N6O7. The van der Waals surface area contributed by atoms with Crippen LogP contribution in [0.5, 0.6) is 0 Å². The van der Waals surface area contributed by atoms with Gasteiger partial charge in [0.1, 0.15) is 6.04 Å². The Hall–Kier alpha value is -5.56. The van der Waals surface area contributed by atoms with E-state index < -0.39 is 17.9 Å². The summed E-state index contributed by atoms with van der Waals surface area (Å²) in [6.07, 6.45) is 13.1. The summed E-state index contributed by atoms with van der Waals surface area (Å²) in [5, 5.41) is 16.5.